The van der Waals surface area contributed by atoms with Crippen molar-refractivity contribution in [1.82, 2.24) is 0 Å². The van der Waals surface area contributed by atoms with E-state index >= 15 is 0 Å². The van der Waals surface area contributed by atoms with E-state index in [1.54, 1.807) is 6.08 Å². The second kappa shape index (κ2) is 12.7. The normalized spacial score (nSPS) is 18.9. The van der Waals surface area contributed by atoms with Gasteiger partial charge in [0.1, 0.15) is 0 Å². The van der Waals surface area contributed by atoms with Crippen molar-refractivity contribution >= 4 is 46.6 Å². The molecule has 240 valence electrons. The molecule has 1 saturated carbocycles. The number of nitrogens with zero attached hydrogens (tertiary/aromatic N) is 1. The maximum Gasteiger partial charge on any atom is 0.335 e. The average molecular weight is 642 g/mol. The Labute approximate surface area is 285 Å². The molecule has 5 aromatic carbocycles. The molecule has 1 N–H and O–H groups in total. The molecule has 0 amide bonds. The number of carbonyl (C=O) groups excluding carboxylic acids is 2. The smallest absolute Gasteiger partial charge is 0.335 e. The molecular weight excluding hydrogens is 606 g/mol. The Morgan fingerprint density at radius 2 is 1.31 bits per heavy atom. The van der Waals surface area contributed by atoms with E-state index in [2.05, 4.69) is 95.9 Å². The molecule has 0 unspecified atom stereocenters. The molecule has 1 aliphatic heterocycles. The predicted octanol–water partition coefficient (Wildman–Crippen LogP) is 10.0. The van der Waals surface area contributed by atoms with Crippen molar-refractivity contribution in [1.29, 1.82) is 0 Å². The summed E-state index contributed by atoms with van der Waals surface area (Å²) in [5.41, 5.74) is 9.55. The molecule has 0 saturated heterocycles. The van der Waals surface area contributed by atoms with Crippen LogP contribution in [0.3, 0.4) is 0 Å². The zero-order chi connectivity index (χ0) is 33.5. The Morgan fingerprint density at radius 1 is 0.653 bits per heavy atom. The summed E-state index contributed by atoms with van der Waals surface area (Å²) < 4.78 is 0. The second-order valence-corrected chi connectivity index (χ2v) is 13.2. The van der Waals surface area contributed by atoms with Gasteiger partial charge in [-0.1, -0.05) is 98.1 Å². The molecule has 0 aromatic heterocycles. The Kier molecular flexibility index (Phi) is 7.89. The first-order valence-corrected chi connectivity index (χ1v) is 17.0. The Hall–Kier alpha value is -5.81. The predicted molar refractivity (Wildman–Crippen MR) is 195 cm³/mol. The van der Waals surface area contributed by atoms with Crippen molar-refractivity contribution in [3.8, 4) is 0 Å². The van der Waals surface area contributed by atoms with Gasteiger partial charge in [0.05, 0.1) is 11.1 Å². The summed E-state index contributed by atoms with van der Waals surface area (Å²) in [4.78, 5) is 40.5. The Morgan fingerprint density at radius 3 is 2.00 bits per heavy atom. The van der Waals surface area contributed by atoms with E-state index in [4.69, 9.17) is 0 Å². The monoisotopic (exact) mass is 641 g/mol. The van der Waals surface area contributed by atoms with E-state index in [1.165, 1.54) is 65.4 Å². The summed E-state index contributed by atoms with van der Waals surface area (Å²) in [6, 6.07) is 40.6. The second-order valence-electron chi connectivity index (χ2n) is 13.2. The standard InChI is InChI=1S/C44H35NO4/c46-42-35-22-19-32(44(48)49)27-38(35)43(47)39(42)26-29-18-23-41-37(25-29)34-14-8-3-9-15-40(34)45(41)33-20-16-28(17-21-33)24-36(30-10-4-1-5-11-30)31-12-6-2-7-13-31/h1-2,4-7,10-13,16-27,34,40H,3,8-9,14-15H2,(H,48,49)/b39-26+/t34-,40-/m1/s1. The van der Waals surface area contributed by atoms with E-state index in [0.717, 1.165) is 29.7 Å². The van der Waals surface area contributed by atoms with Crippen LogP contribution >= 0.6 is 0 Å². The van der Waals surface area contributed by atoms with Crippen LogP contribution in [0, 0.1) is 0 Å². The number of rotatable bonds is 6. The van der Waals surface area contributed by atoms with Gasteiger partial charge in [0.25, 0.3) is 0 Å². The summed E-state index contributed by atoms with van der Waals surface area (Å²) >= 11 is 0. The molecule has 5 heteroatoms. The summed E-state index contributed by atoms with van der Waals surface area (Å²) in [7, 11) is 0. The third kappa shape index (κ3) is 5.61. The lowest BCUT2D eigenvalue weighted by Crippen LogP contribution is -2.29. The van der Waals surface area contributed by atoms with Gasteiger partial charge in [-0.15, -0.1) is 0 Å². The highest BCUT2D eigenvalue weighted by Gasteiger charge is 2.40. The van der Waals surface area contributed by atoms with Crippen molar-refractivity contribution in [3.63, 3.8) is 0 Å². The maximum absolute atomic E-state index is 13.3. The first kappa shape index (κ1) is 30.5. The number of carbonyl (C=O) groups is 3. The minimum atomic E-state index is -1.13. The Bertz CT molecular complexity index is 2120. The zero-order valence-electron chi connectivity index (χ0n) is 27.0. The van der Waals surface area contributed by atoms with Crippen molar-refractivity contribution < 1.29 is 19.5 Å². The number of carboxylic acid groups (broad SMARTS) is 1. The Balaban J connectivity index is 1.13. The third-order valence-electron chi connectivity index (χ3n) is 10.2. The topological polar surface area (TPSA) is 74.7 Å². The summed E-state index contributed by atoms with van der Waals surface area (Å²) in [6.07, 6.45) is 9.69. The van der Waals surface area contributed by atoms with Gasteiger partial charge in [-0.2, -0.15) is 0 Å². The van der Waals surface area contributed by atoms with E-state index in [1.807, 2.05) is 18.2 Å². The third-order valence-corrected chi connectivity index (χ3v) is 10.2. The molecule has 0 radical (unpaired) electrons. The average Bonchev–Trinajstić information content (AvgIpc) is 3.41. The number of hydrogen-bond donors (Lipinski definition) is 1. The van der Waals surface area contributed by atoms with E-state index in [-0.39, 0.29) is 28.0 Å². The molecule has 49 heavy (non-hydrogen) atoms. The van der Waals surface area contributed by atoms with Crippen molar-refractivity contribution in [3.05, 3.63) is 171 Å². The SMILES string of the molecule is O=C(O)c1ccc2c(c1)C(=O)/C(=C/c1ccc3c(c1)[C@H]1CCCCC[C@H]1N3c1ccc(C=C(c3ccccc3)c3ccccc3)cc1)C2=O. The highest BCUT2D eigenvalue weighted by atomic mass is 16.4. The lowest BCUT2D eigenvalue weighted by molar-refractivity contribution is 0.0696. The molecule has 3 aliphatic rings. The largest absolute Gasteiger partial charge is 0.478 e. The van der Waals surface area contributed by atoms with Gasteiger partial charge < -0.3 is 10.0 Å². The maximum atomic E-state index is 13.3. The molecule has 0 bridgehead atoms. The van der Waals surface area contributed by atoms with Crippen LogP contribution in [-0.4, -0.2) is 28.7 Å². The van der Waals surface area contributed by atoms with Crippen LogP contribution in [-0.2, 0) is 0 Å². The minimum absolute atomic E-state index is 0.00457. The van der Waals surface area contributed by atoms with Crippen LogP contribution in [0.25, 0.3) is 17.7 Å². The fraction of sp³-hybridized carbons (Fsp3) is 0.159. The quantitative estimate of drug-likeness (QED) is 0.113. The van der Waals surface area contributed by atoms with Gasteiger partial charge in [0.15, 0.2) is 11.6 Å². The lowest BCUT2D eigenvalue weighted by atomic mass is 9.89. The molecule has 1 heterocycles. The van der Waals surface area contributed by atoms with Gasteiger partial charge >= 0.3 is 5.97 Å². The van der Waals surface area contributed by atoms with Gasteiger partial charge in [-0.05, 0) is 101 Å². The van der Waals surface area contributed by atoms with Crippen LogP contribution < -0.4 is 4.90 Å². The zero-order valence-corrected chi connectivity index (χ0v) is 27.0. The van der Waals surface area contributed by atoms with Gasteiger partial charge in [0, 0.05) is 34.5 Å². The lowest BCUT2D eigenvalue weighted by Gasteiger charge is -2.30. The van der Waals surface area contributed by atoms with Crippen molar-refractivity contribution in [2.45, 2.75) is 44.1 Å². The first-order chi connectivity index (χ1) is 24.0. The number of ketones is 2. The number of benzene rings is 5. The number of fused-ring (bicyclic) bond motifs is 4. The summed E-state index contributed by atoms with van der Waals surface area (Å²) in [5, 5.41) is 9.39. The van der Waals surface area contributed by atoms with Crippen LogP contribution in [0.15, 0.2) is 127 Å². The number of carboxylic acids is 1. The van der Waals surface area contributed by atoms with E-state index in [0.29, 0.717) is 12.0 Å². The molecule has 2 atom stereocenters. The van der Waals surface area contributed by atoms with Crippen LogP contribution in [0.1, 0.15) is 96.9 Å². The van der Waals surface area contributed by atoms with Crippen LogP contribution in [0.2, 0.25) is 0 Å². The number of hydrogen-bond acceptors (Lipinski definition) is 4. The fourth-order valence-electron chi connectivity index (χ4n) is 7.87. The van der Waals surface area contributed by atoms with Crippen molar-refractivity contribution in [2.75, 3.05) is 4.90 Å². The summed E-state index contributed by atoms with van der Waals surface area (Å²) in [5.74, 6) is -1.56. The highest BCUT2D eigenvalue weighted by Crippen LogP contribution is 2.50. The van der Waals surface area contributed by atoms with Crippen molar-refractivity contribution in [2.24, 2.45) is 0 Å². The molecule has 2 aliphatic carbocycles. The van der Waals surface area contributed by atoms with Crippen LogP contribution in [0.4, 0.5) is 11.4 Å². The first-order valence-electron chi connectivity index (χ1n) is 17.0. The van der Waals surface area contributed by atoms with Gasteiger partial charge in [-0.25, -0.2) is 4.79 Å². The van der Waals surface area contributed by atoms with Gasteiger partial charge in [0.2, 0.25) is 0 Å². The number of Topliss-reactive ketones (excluding diaryl/α,β-unsaturated/α-hetero) is 2. The number of anilines is 2. The highest BCUT2D eigenvalue weighted by molar-refractivity contribution is 6.41. The van der Waals surface area contributed by atoms with Gasteiger partial charge in [-0.3, -0.25) is 9.59 Å². The van der Waals surface area contributed by atoms with E-state index < -0.39 is 11.8 Å². The molecule has 0 spiro atoms. The van der Waals surface area contributed by atoms with Crippen LogP contribution in [0.5, 0.6) is 0 Å². The number of aromatic carboxylic acids is 1. The molecule has 5 aromatic rings. The minimum Gasteiger partial charge on any atom is -0.478 e. The fourth-order valence-corrected chi connectivity index (χ4v) is 7.87. The van der Waals surface area contributed by atoms with E-state index in [9.17, 15) is 19.5 Å². The molecule has 8 rings (SSSR count). The molecule has 1 fully saturated rings. The summed E-state index contributed by atoms with van der Waals surface area (Å²) in [6.45, 7) is 0. The molecular formula is C44H35NO4. The number of allylic oxidation sites excluding steroid dienone is 1. The molecule has 5 nitrogen and oxygen atoms in total.